The second-order valence-electron chi connectivity index (χ2n) is 3.50. The molecule has 1 amide bonds. The number of ether oxygens (including phenoxy) is 1. The fourth-order valence-electron chi connectivity index (χ4n) is 1.69. The Hall–Kier alpha value is -0.390. The molecule has 2 rings (SSSR count). The van der Waals surface area contributed by atoms with Crippen molar-refractivity contribution in [2.75, 3.05) is 20.2 Å². The van der Waals surface area contributed by atoms with Gasteiger partial charge in [0.1, 0.15) is 0 Å². The topological polar surface area (TPSA) is 29.5 Å². The number of carbonyl (C=O) groups excluding carboxylic acids is 1. The molecule has 0 spiro atoms. The average molecular weight is 290 g/mol. The summed E-state index contributed by atoms with van der Waals surface area (Å²) in [6.07, 6.45) is 1.15. The fraction of sp³-hybridized carbons (Fsp3) is 0.500. The number of methoxy groups -OCH3 is 1. The van der Waals surface area contributed by atoms with Crippen molar-refractivity contribution in [2.24, 2.45) is 0 Å². The minimum atomic E-state index is 0.116. The smallest absolute Gasteiger partial charge is 0.264 e. The Balaban J connectivity index is 2.03. The van der Waals surface area contributed by atoms with Crippen LogP contribution in [0.15, 0.2) is 15.9 Å². The first-order valence-electron chi connectivity index (χ1n) is 4.78. The summed E-state index contributed by atoms with van der Waals surface area (Å²) < 4.78 is 6.23. The quantitative estimate of drug-likeness (QED) is 0.837. The molecule has 0 saturated carbocycles. The van der Waals surface area contributed by atoms with E-state index >= 15 is 0 Å². The zero-order chi connectivity index (χ0) is 10.8. The van der Waals surface area contributed by atoms with Gasteiger partial charge in [-0.15, -0.1) is 11.3 Å². The Kier molecular flexibility index (Phi) is 3.43. The van der Waals surface area contributed by atoms with E-state index in [1.165, 1.54) is 11.3 Å². The number of thiophene rings is 1. The van der Waals surface area contributed by atoms with Gasteiger partial charge in [-0.25, -0.2) is 0 Å². The van der Waals surface area contributed by atoms with Crippen molar-refractivity contribution >= 4 is 33.2 Å². The van der Waals surface area contributed by atoms with Gasteiger partial charge in [-0.3, -0.25) is 4.79 Å². The zero-order valence-corrected chi connectivity index (χ0v) is 10.8. The van der Waals surface area contributed by atoms with E-state index in [1.807, 2.05) is 17.0 Å². The van der Waals surface area contributed by atoms with Crippen molar-refractivity contribution in [3.63, 3.8) is 0 Å². The molecule has 0 aliphatic carbocycles. The van der Waals surface area contributed by atoms with Gasteiger partial charge in [0.25, 0.3) is 5.91 Å². The molecule has 0 N–H and O–H groups in total. The molecule has 1 fully saturated rings. The van der Waals surface area contributed by atoms with E-state index in [-0.39, 0.29) is 12.0 Å². The lowest BCUT2D eigenvalue weighted by Gasteiger charge is -2.14. The van der Waals surface area contributed by atoms with E-state index in [9.17, 15) is 4.79 Å². The molecule has 0 aromatic carbocycles. The summed E-state index contributed by atoms with van der Waals surface area (Å²) in [5, 5.41) is 0. The first kappa shape index (κ1) is 11.1. The SMILES string of the molecule is COC1CCN(C(=O)c2ccc(Br)s2)C1. The maximum Gasteiger partial charge on any atom is 0.264 e. The molecule has 2 heterocycles. The third kappa shape index (κ3) is 2.41. The van der Waals surface area contributed by atoms with Gasteiger partial charge in [-0.05, 0) is 34.5 Å². The predicted octanol–water partition coefficient (Wildman–Crippen LogP) is 2.37. The standard InChI is InChI=1S/C10H12BrNO2S/c1-14-7-4-5-12(6-7)10(13)8-2-3-9(11)15-8/h2-3,7H,4-6H2,1H3. The number of hydrogen-bond acceptors (Lipinski definition) is 3. The fourth-order valence-corrected chi connectivity index (χ4v) is 3.04. The molecular weight excluding hydrogens is 278 g/mol. The van der Waals surface area contributed by atoms with E-state index in [0.717, 1.165) is 21.6 Å². The second kappa shape index (κ2) is 4.63. The molecule has 0 bridgehead atoms. The monoisotopic (exact) mass is 289 g/mol. The average Bonchev–Trinajstić information content (AvgIpc) is 2.84. The van der Waals surface area contributed by atoms with Crippen molar-refractivity contribution in [1.82, 2.24) is 4.90 Å². The van der Waals surface area contributed by atoms with Crippen LogP contribution >= 0.6 is 27.3 Å². The van der Waals surface area contributed by atoms with Crippen LogP contribution in [0.3, 0.4) is 0 Å². The summed E-state index contributed by atoms with van der Waals surface area (Å²) in [5.41, 5.74) is 0. The van der Waals surface area contributed by atoms with Crippen LogP contribution in [-0.2, 0) is 4.74 Å². The van der Waals surface area contributed by atoms with Gasteiger partial charge in [-0.1, -0.05) is 0 Å². The number of hydrogen-bond donors (Lipinski definition) is 0. The van der Waals surface area contributed by atoms with Crippen LogP contribution in [0.2, 0.25) is 0 Å². The highest BCUT2D eigenvalue weighted by Crippen LogP contribution is 2.24. The van der Waals surface area contributed by atoms with Gasteiger partial charge in [0.2, 0.25) is 0 Å². The van der Waals surface area contributed by atoms with Crippen LogP contribution in [0.4, 0.5) is 0 Å². The number of likely N-dealkylation sites (tertiary alicyclic amines) is 1. The minimum absolute atomic E-state index is 0.116. The molecule has 1 aromatic rings. The summed E-state index contributed by atoms with van der Waals surface area (Å²) in [5.74, 6) is 0.116. The summed E-state index contributed by atoms with van der Waals surface area (Å²) in [7, 11) is 1.69. The summed E-state index contributed by atoms with van der Waals surface area (Å²) in [6, 6.07) is 3.76. The zero-order valence-electron chi connectivity index (χ0n) is 8.40. The third-order valence-corrected chi connectivity index (χ3v) is 4.16. The second-order valence-corrected chi connectivity index (χ2v) is 5.96. The molecule has 5 heteroatoms. The first-order chi connectivity index (χ1) is 7.20. The Morgan fingerprint density at radius 2 is 2.47 bits per heavy atom. The van der Waals surface area contributed by atoms with Gasteiger partial charge in [0, 0.05) is 20.2 Å². The predicted molar refractivity (Wildman–Crippen MR) is 63.3 cm³/mol. The highest BCUT2D eigenvalue weighted by molar-refractivity contribution is 9.11. The lowest BCUT2D eigenvalue weighted by molar-refractivity contribution is 0.0728. The highest BCUT2D eigenvalue weighted by atomic mass is 79.9. The van der Waals surface area contributed by atoms with Crippen molar-refractivity contribution < 1.29 is 9.53 Å². The van der Waals surface area contributed by atoms with Gasteiger partial charge in [0.15, 0.2) is 0 Å². The largest absolute Gasteiger partial charge is 0.380 e. The lowest BCUT2D eigenvalue weighted by Crippen LogP contribution is -2.29. The molecule has 82 valence electrons. The van der Waals surface area contributed by atoms with Crippen LogP contribution in [0.1, 0.15) is 16.1 Å². The number of rotatable bonds is 2. The molecule has 1 unspecified atom stereocenters. The van der Waals surface area contributed by atoms with E-state index in [1.54, 1.807) is 7.11 Å². The Morgan fingerprint density at radius 3 is 3.00 bits per heavy atom. The molecule has 1 atom stereocenters. The van der Waals surface area contributed by atoms with Crippen LogP contribution < -0.4 is 0 Å². The summed E-state index contributed by atoms with van der Waals surface area (Å²) >= 11 is 4.83. The third-order valence-electron chi connectivity index (χ3n) is 2.55. The maximum atomic E-state index is 12.0. The number of amides is 1. The van der Waals surface area contributed by atoms with Gasteiger partial charge >= 0.3 is 0 Å². The van der Waals surface area contributed by atoms with Crippen LogP contribution in [0.5, 0.6) is 0 Å². The van der Waals surface area contributed by atoms with E-state index in [2.05, 4.69) is 15.9 Å². The Bertz CT molecular complexity index is 366. The molecule has 1 aliphatic heterocycles. The van der Waals surface area contributed by atoms with Gasteiger partial charge < -0.3 is 9.64 Å². The minimum Gasteiger partial charge on any atom is -0.380 e. The van der Waals surface area contributed by atoms with Gasteiger partial charge in [-0.2, -0.15) is 0 Å². The molecule has 1 aromatic heterocycles. The molecular formula is C10H12BrNO2S. The first-order valence-corrected chi connectivity index (χ1v) is 6.39. The lowest BCUT2D eigenvalue weighted by atomic mass is 10.3. The van der Waals surface area contributed by atoms with E-state index in [0.29, 0.717) is 6.54 Å². The van der Waals surface area contributed by atoms with E-state index < -0.39 is 0 Å². The summed E-state index contributed by atoms with van der Waals surface area (Å²) in [6.45, 7) is 1.51. The highest BCUT2D eigenvalue weighted by Gasteiger charge is 2.27. The number of halogens is 1. The van der Waals surface area contributed by atoms with Crippen LogP contribution in [0.25, 0.3) is 0 Å². The molecule has 15 heavy (non-hydrogen) atoms. The number of carbonyl (C=O) groups is 1. The normalized spacial score (nSPS) is 20.9. The Morgan fingerprint density at radius 1 is 1.67 bits per heavy atom. The van der Waals surface area contributed by atoms with Crippen LogP contribution in [0, 0.1) is 0 Å². The molecule has 1 saturated heterocycles. The molecule has 1 aliphatic rings. The summed E-state index contributed by atoms with van der Waals surface area (Å²) in [4.78, 5) is 14.6. The van der Waals surface area contributed by atoms with Crippen LogP contribution in [-0.4, -0.2) is 37.1 Å². The van der Waals surface area contributed by atoms with Crippen molar-refractivity contribution in [3.05, 3.63) is 20.8 Å². The molecule has 0 radical (unpaired) electrons. The number of nitrogens with zero attached hydrogens (tertiary/aromatic N) is 1. The Labute approximate surface area is 101 Å². The van der Waals surface area contributed by atoms with Gasteiger partial charge in [0.05, 0.1) is 14.8 Å². The maximum absolute atomic E-state index is 12.0. The van der Waals surface area contributed by atoms with Crippen molar-refractivity contribution in [3.8, 4) is 0 Å². The van der Waals surface area contributed by atoms with E-state index in [4.69, 9.17) is 4.74 Å². The van der Waals surface area contributed by atoms with Crippen molar-refractivity contribution in [1.29, 1.82) is 0 Å². The molecule has 3 nitrogen and oxygen atoms in total. The van der Waals surface area contributed by atoms with Crippen molar-refractivity contribution in [2.45, 2.75) is 12.5 Å².